The van der Waals surface area contributed by atoms with Crippen molar-refractivity contribution < 1.29 is 29.3 Å². The molecular weight excluding hydrogens is 288 g/mol. The van der Waals surface area contributed by atoms with E-state index < -0.39 is 29.2 Å². The molecule has 0 bridgehead atoms. The number of carbonyl (C=O) groups is 3. The molecule has 0 aromatic carbocycles. The summed E-state index contributed by atoms with van der Waals surface area (Å²) >= 11 is 0. The molecule has 1 saturated carbocycles. The fourth-order valence-corrected chi connectivity index (χ4v) is 3.20. The molecule has 3 unspecified atom stereocenters. The molecule has 0 amide bonds. The van der Waals surface area contributed by atoms with Crippen molar-refractivity contribution in [1.29, 1.82) is 0 Å². The summed E-state index contributed by atoms with van der Waals surface area (Å²) < 4.78 is 4.84. The molecule has 1 fully saturated rings. The van der Waals surface area contributed by atoms with E-state index in [0.29, 0.717) is 25.7 Å². The summed E-state index contributed by atoms with van der Waals surface area (Å²) in [5, 5.41) is 19.0. The number of hydrogen-bond donors (Lipinski definition) is 2. The zero-order valence-electron chi connectivity index (χ0n) is 12.9. The number of unbranched alkanes of at least 4 members (excludes halogenated alkanes) is 1. The Labute approximate surface area is 130 Å². The van der Waals surface area contributed by atoms with Gasteiger partial charge in [-0.05, 0) is 44.4 Å². The number of rotatable bonds is 8. The number of ether oxygens (including phenoxy) is 1. The third-order valence-corrected chi connectivity index (χ3v) is 4.54. The number of hydrogen-bond acceptors (Lipinski definition) is 4. The highest BCUT2D eigenvalue weighted by Crippen LogP contribution is 2.47. The minimum absolute atomic E-state index is 0.189. The molecule has 22 heavy (non-hydrogen) atoms. The van der Waals surface area contributed by atoms with E-state index in [0.717, 1.165) is 12.5 Å². The highest BCUT2D eigenvalue weighted by atomic mass is 16.5. The first-order valence-corrected chi connectivity index (χ1v) is 7.59. The molecular formula is C16H24O6. The van der Waals surface area contributed by atoms with Gasteiger partial charge in [0, 0.05) is 6.08 Å². The standard InChI is InChI=1S/C16H24O6/c1-3-13(17)22-9-5-4-7-16(15(20)21)8-6-11(2)10-12(16)14(18)19/h3,11-12H,1,4-10H2,2H3,(H,18,19)(H,20,21). The maximum atomic E-state index is 11.8. The SMILES string of the molecule is C=CC(=O)OCCCCC1(C(=O)O)CCC(C)CC1C(=O)O. The second-order valence-electron chi connectivity index (χ2n) is 6.06. The molecule has 0 heterocycles. The molecule has 0 saturated heterocycles. The molecule has 6 heteroatoms. The van der Waals surface area contributed by atoms with Crippen LogP contribution in [-0.4, -0.2) is 34.7 Å². The number of carbonyl (C=O) groups excluding carboxylic acids is 1. The lowest BCUT2D eigenvalue weighted by molar-refractivity contribution is -0.168. The minimum Gasteiger partial charge on any atom is -0.481 e. The van der Waals surface area contributed by atoms with Crippen LogP contribution in [0.5, 0.6) is 0 Å². The van der Waals surface area contributed by atoms with Crippen molar-refractivity contribution in [2.24, 2.45) is 17.3 Å². The van der Waals surface area contributed by atoms with Crippen molar-refractivity contribution in [2.45, 2.75) is 45.4 Å². The Bertz CT molecular complexity index is 444. The lowest BCUT2D eigenvalue weighted by Crippen LogP contribution is -2.46. The molecule has 0 aromatic heterocycles. The lowest BCUT2D eigenvalue weighted by Gasteiger charge is -2.41. The molecule has 1 aliphatic rings. The molecule has 3 atom stereocenters. The molecule has 1 aliphatic carbocycles. The van der Waals surface area contributed by atoms with E-state index in [1.54, 1.807) is 0 Å². The fourth-order valence-electron chi connectivity index (χ4n) is 3.20. The summed E-state index contributed by atoms with van der Waals surface area (Å²) in [6.07, 6.45) is 3.88. The number of carboxylic acid groups (broad SMARTS) is 2. The van der Waals surface area contributed by atoms with Crippen molar-refractivity contribution >= 4 is 17.9 Å². The summed E-state index contributed by atoms with van der Waals surface area (Å²) in [5.41, 5.74) is -1.21. The lowest BCUT2D eigenvalue weighted by atomic mass is 9.61. The average Bonchev–Trinajstić information content (AvgIpc) is 2.47. The molecule has 0 aromatic rings. The van der Waals surface area contributed by atoms with Crippen molar-refractivity contribution in [1.82, 2.24) is 0 Å². The molecule has 0 aliphatic heterocycles. The Morgan fingerprint density at radius 1 is 1.32 bits per heavy atom. The van der Waals surface area contributed by atoms with Gasteiger partial charge >= 0.3 is 17.9 Å². The van der Waals surface area contributed by atoms with Crippen LogP contribution < -0.4 is 0 Å². The zero-order valence-corrected chi connectivity index (χ0v) is 12.9. The van der Waals surface area contributed by atoms with Gasteiger partial charge in [-0.25, -0.2) is 4.79 Å². The zero-order chi connectivity index (χ0) is 16.8. The van der Waals surface area contributed by atoms with Crippen molar-refractivity contribution in [3.63, 3.8) is 0 Å². The van der Waals surface area contributed by atoms with E-state index in [1.807, 2.05) is 6.92 Å². The van der Waals surface area contributed by atoms with Crippen LogP contribution >= 0.6 is 0 Å². The van der Waals surface area contributed by atoms with Crippen molar-refractivity contribution in [3.8, 4) is 0 Å². The normalized spacial score (nSPS) is 27.9. The molecule has 0 spiro atoms. The van der Waals surface area contributed by atoms with Gasteiger partial charge in [-0.2, -0.15) is 0 Å². The Morgan fingerprint density at radius 2 is 2.00 bits per heavy atom. The van der Waals surface area contributed by atoms with Gasteiger partial charge in [0.15, 0.2) is 0 Å². The van der Waals surface area contributed by atoms with E-state index in [4.69, 9.17) is 4.74 Å². The predicted octanol–water partition coefficient (Wildman–Crippen LogP) is 2.48. The first-order valence-electron chi connectivity index (χ1n) is 7.59. The fraction of sp³-hybridized carbons (Fsp3) is 0.688. The van der Waals surface area contributed by atoms with Gasteiger partial charge in [0.05, 0.1) is 17.9 Å². The molecule has 124 valence electrons. The van der Waals surface area contributed by atoms with Gasteiger partial charge in [-0.15, -0.1) is 0 Å². The number of carboxylic acids is 2. The van der Waals surface area contributed by atoms with Gasteiger partial charge in [-0.3, -0.25) is 9.59 Å². The van der Waals surface area contributed by atoms with E-state index in [2.05, 4.69) is 6.58 Å². The van der Waals surface area contributed by atoms with Crippen LogP contribution in [0.25, 0.3) is 0 Å². The summed E-state index contributed by atoms with van der Waals surface area (Å²) in [7, 11) is 0. The van der Waals surface area contributed by atoms with Gasteiger partial charge in [0.2, 0.25) is 0 Å². The van der Waals surface area contributed by atoms with Crippen molar-refractivity contribution in [2.75, 3.05) is 6.61 Å². The van der Waals surface area contributed by atoms with Gasteiger partial charge < -0.3 is 14.9 Å². The quantitative estimate of drug-likeness (QED) is 0.405. The predicted molar refractivity (Wildman–Crippen MR) is 79.2 cm³/mol. The summed E-state index contributed by atoms with van der Waals surface area (Å²) in [5.74, 6) is -3.21. The molecule has 2 N–H and O–H groups in total. The van der Waals surface area contributed by atoms with Gasteiger partial charge in [0.25, 0.3) is 0 Å². The Balaban J connectivity index is 2.66. The largest absolute Gasteiger partial charge is 0.481 e. The third kappa shape index (κ3) is 4.32. The maximum Gasteiger partial charge on any atom is 0.330 e. The van der Waals surface area contributed by atoms with Gasteiger partial charge in [0.1, 0.15) is 0 Å². The number of esters is 1. The average molecular weight is 312 g/mol. The monoisotopic (exact) mass is 312 g/mol. The summed E-state index contributed by atoms with van der Waals surface area (Å²) in [6, 6.07) is 0. The van der Waals surface area contributed by atoms with Crippen LogP contribution in [0.3, 0.4) is 0 Å². The van der Waals surface area contributed by atoms with Gasteiger partial charge in [-0.1, -0.05) is 13.5 Å². The van der Waals surface area contributed by atoms with E-state index >= 15 is 0 Å². The third-order valence-electron chi connectivity index (χ3n) is 4.54. The Morgan fingerprint density at radius 3 is 2.55 bits per heavy atom. The van der Waals surface area contributed by atoms with Crippen LogP contribution in [0, 0.1) is 17.3 Å². The van der Waals surface area contributed by atoms with Crippen LogP contribution in [0.2, 0.25) is 0 Å². The topological polar surface area (TPSA) is 101 Å². The minimum atomic E-state index is -1.21. The molecule has 0 radical (unpaired) electrons. The van der Waals surface area contributed by atoms with Crippen LogP contribution in [-0.2, 0) is 19.1 Å². The molecule has 6 nitrogen and oxygen atoms in total. The Hall–Kier alpha value is -1.85. The van der Waals surface area contributed by atoms with Crippen LogP contribution in [0.15, 0.2) is 12.7 Å². The Kier molecular flexibility index (Phi) is 6.59. The number of aliphatic carboxylic acids is 2. The molecule has 1 rings (SSSR count). The van der Waals surface area contributed by atoms with Crippen LogP contribution in [0.1, 0.15) is 45.4 Å². The first-order chi connectivity index (χ1) is 10.3. The van der Waals surface area contributed by atoms with E-state index in [1.165, 1.54) is 0 Å². The second kappa shape index (κ2) is 7.96. The highest BCUT2D eigenvalue weighted by molar-refractivity contribution is 5.83. The smallest absolute Gasteiger partial charge is 0.330 e. The summed E-state index contributed by atoms with van der Waals surface area (Å²) in [4.78, 5) is 34.2. The second-order valence-corrected chi connectivity index (χ2v) is 6.06. The first kappa shape index (κ1) is 18.2. The summed E-state index contributed by atoms with van der Waals surface area (Å²) in [6.45, 7) is 5.43. The maximum absolute atomic E-state index is 11.8. The van der Waals surface area contributed by atoms with Crippen LogP contribution in [0.4, 0.5) is 0 Å². The van der Waals surface area contributed by atoms with Crippen molar-refractivity contribution in [3.05, 3.63) is 12.7 Å². The van der Waals surface area contributed by atoms with E-state index in [-0.39, 0.29) is 18.9 Å². The van der Waals surface area contributed by atoms with E-state index in [9.17, 15) is 24.6 Å². The highest BCUT2D eigenvalue weighted by Gasteiger charge is 2.51.